The van der Waals surface area contributed by atoms with Crippen molar-refractivity contribution in [3.63, 3.8) is 0 Å². The van der Waals surface area contributed by atoms with Gasteiger partial charge < -0.3 is 9.64 Å². The molecule has 2 aromatic rings. The third-order valence-corrected chi connectivity index (χ3v) is 4.30. The van der Waals surface area contributed by atoms with Gasteiger partial charge in [0.15, 0.2) is 0 Å². The van der Waals surface area contributed by atoms with Crippen LogP contribution in [0.15, 0.2) is 30.6 Å². The SMILES string of the molecule is CCCN1CCC(Oc2cc3ccncc3cc2C)CC1. The molecule has 0 unspecified atom stereocenters. The molecule has 2 heterocycles. The second-order valence-corrected chi connectivity index (χ2v) is 6.00. The minimum atomic E-state index is 0.357. The standard InChI is InChI=1S/C18H24N2O/c1-3-8-20-9-5-17(6-10-20)21-18-12-15-4-7-19-13-16(15)11-14(18)2/h4,7,11-13,17H,3,5-6,8-10H2,1-2H3. The highest BCUT2D eigenvalue weighted by atomic mass is 16.5. The molecule has 0 radical (unpaired) electrons. The van der Waals surface area contributed by atoms with Crippen molar-refractivity contribution >= 4 is 10.8 Å². The molecule has 1 saturated heterocycles. The van der Waals surface area contributed by atoms with Crippen molar-refractivity contribution in [2.45, 2.75) is 39.2 Å². The maximum Gasteiger partial charge on any atom is 0.123 e. The maximum absolute atomic E-state index is 6.27. The van der Waals surface area contributed by atoms with Gasteiger partial charge in [-0.1, -0.05) is 6.92 Å². The van der Waals surface area contributed by atoms with E-state index in [0.29, 0.717) is 6.10 Å². The van der Waals surface area contributed by atoms with Crippen LogP contribution in [0.4, 0.5) is 0 Å². The van der Waals surface area contributed by atoms with Gasteiger partial charge >= 0.3 is 0 Å². The van der Waals surface area contributed by atoms with Crippen LogP contribution in [0.25, 0.3) is 10.8 Å². The van der Waals surface area contributed by atoms with E-state index in [9.17, 15) is 0 Å². The molecule has 0 spiro atoms. The average Bonchev–Trinajstić information content (AvgIpc) is 2.50. The number of benzene rings is 1. The molecule has 1 aliphatic rings. The first-order valence-corrected chi connectivity index (χ1v) is 7.99. The van der Waals surface area contributed by atoms with E-state index < -0.39 is 0 Å². The summed E-state index contributed by atoms with van der Waals surface area (Å²) in [6.45, 7) is 7.91. The van der Waals surface area contributed by atoms with Crippen LogP contribution in [0.3, 0.4) is 0 Å². The number of nitrogens with zero attached hydrogens (tertiary/aromatic N) is 2. The first kappa shape index (κ1) is 14.3. The van der Waals surface area contributed by atoms with Gasteiger partial charge in [-0.05, 0) is 61.9 Å². The molecule has 1 aromatic carbocycles. The number of ether oxygens (including phenoxy) is 1. The monoisotopic (exact) mass is 284 g/mol. The number of hydrogen-bond donors (Lipinski definition) is 0. The van der Waals surface area contributed by atoms with Gasteiger partial charge in [0.05, 0.1) is 0 Å². The van der Waals surface area contributed by atoms with E-state index >= 15 is 0 Å². The summed E-state index contributed by atoms with van der Waals surface area (Å²) in [5.41, 5.74) is 1.20. The summed E-state index contributed by atoms with van der Waals surface area (Å²) in [6.07, 6.45) is 7.61. The lowest BCUT2D eigenvalue weighted by molar-refractivity contribution is 0.100. The zero-order chi connectivity index (χ0) is 14.7. The number of aromatic nitrogens is 1. The van der Waals surface area contributed by atoms with Crippen LogP contribution in [0.1, 0.15) is 31.7 Å². The summed E-state index contributed by atoms with van der Waals surface area (Å²) in [7, 11) is 0. The molecule has 0 bridgehead atoms. The molecule has 0 N–H and O–H groups in total. The molecule has 1 aliphatic heterocycles. The average molecular weight is 284 g/mol. The first-order chi connectivity index (χ1) is 10.3. The molecule has 3 rings (SSSR count). The van der Waals surface area contributed by atoms with E-state index in [-0.39, 0.29) is 0 Å². The summed E-state index contributed by atoms with van der Waals surface area (Å²) in [5, 5.41) is 2.38. The number of hydrogen-bond acceptors (Lipinski definition) is 3. The lowest BCUT2D eigenvalue weighted by Crippen LogP contribution is -2.38. The van der Waals surface area contributed by atoms with E-state index in [4.69, 9.17) is 4.74 Å². The van der Waals surface area contributed by atoms with Gasteiger partial charge in [0.2, 0.25) is 0 Å². The number of fused-ring (bicyclic) bond motifs is 1. The smallest absolute Gasteiger partial charge is 0.123 e. The van der Waals surface area contributed by atoms with E-state index in [1.54, 1.807) is 0 Å². The van der Waals surface area contributed by atoms with Gasteiger partial charge in [0.1, 0.15) is 11.9 Å². The van der Waals surface area contributed by atoms with E-state index in [1.807, 2.05) is 18.5 Å². The Balaban J connectivity index is 1.69. The number of piperidine rings is 1. The van der Waals surface area contributed by atoms with Crippen molar-refractivity contribution < 1.29 is 4.74 Å². The van der Waals surface area contributed by atoms with Gasteiger partial charge in [0.25, 0.3) is 0 Å². The van der Waals surface area contributed by atoms with Crippen molar-refractivity contribution in [1.29, 1.82) is 0 Å². The van der Waals surface area contributed by atoms with Crippen LogP contribution in [0.5, 0.6) is 5.75 Å². The lowest BCUT2D eigenvalue weighted by Gasteiger charge is -2.32. The molecule has 0 amide bonds. The van der Waals surface area contributed by atoms with Gasteiger partial charge in [-0.3, -0.25) is 4.98 Å². The molecule has 0 aliphatic carbocycles. The third-order valence-electron chi connectivity index (χ3n) is 4.30. The number of likely N-dealkylation sites (tertiary alicyclic amines) is 1. The summed E-state index contributed by atoms with van der Waals surface area (Å²) < 4.78 is 6.27. The van der Waals surface area contributed by atoms with E-state index in [1.165, 1.54) is 29.3 Å². The second kappa shape index (κ2) is 6.44. The normalized spacial score (nSPS) is 17.2. The Morgan fingerprint density at radius 3 is 2.81 bits per heavy atom. The van der Waals surface area contributed by atoms with Gasteiger partial charge in [0, 0.05) is 30.9 Å². The first-order valence-electron chi connectivity index (χ1n) is 7.99. The third kappa shape index (κ3) is 3.35. The van der Waals surface area contributed by atoms with Crippen molar-refractivity contribution in [3.05, 3.63) is 36.2 Å². The zero-order valence-electron chi connectivity index (χ0n) is 13.0. The Hall–Kier alpha value is -1.61. The molecule has 21 heavy (non-hydrogen) atoms. The minimum absolute atomic E-state index is 0.357. The van der Waals surface area contributed by atoms with Crippen LogP contribution < -0.4 is 4.74 Å². The minimum Gasteiger partial charge on any atom is -0.490 e. The molecule has 112 valence electrons. The van der Waals surface area contributed by atoms with Crippen molar-refractivity contribution in [2.24, 2.45) is 0 Å². The topological polar surface area (TPSA) is 25.4 Å². The Morgan fingerprint density at radius 1 is 1.24 bits per heavy atom. The molecule has 3 nitrogen and oxygen atoms in total. The maximum atomic E-state index is 6.27. The van der Waals surface area contributed by atoms with Crippen LogP contribution in [0.2, 0.25) is 0 Å². The fourth-order valence-electron chi connectivity index (χ4n) is 3.10. The van der Waals surface area contributed by atoms with Crippen LogP contribution in [-0.2, 0) is 0 Å². The number of aryl methyl sites for hydroxylation is 1. The van der Waals surface area contributed by atoms with Gasteiger partial charge in [-0.25, -0.2) is 0 Å². The fraction of sp³-hybridized carbons (Fsp3) is 0.500. The predicted octanol–water partition coefficient (Wildman–Crippen LogP) is 3.80. The van der Waals surface area contributed by atoms with Gasteiger partial charge in [-0.15, -0.1) is 0 Å². The predicted molar refractivity (Wildman–Crippen MR) is 86.9 cm³/mol. The molecule has 0 saturated carbocycles. The zero-order valence-corrected chi connectivity index (χ0v) is 13.0. The molecular formula is C18H24N2O. The number of pyridine rings is 1. The second-order valence-electron chi connectivity index (χ2n) is 6.00. The van der Waals surface area contributed by atoms with Crippen molar-refractivity contribution in [1.82, 2.24) is 9.88 Å². The van der Waals surface area contributed by atoms with Crippen LogP contribution in [-0.4, -0.2) is 35.6 Å². The van der Waals surface area contributed by atoms with Gasteiger partial charge in [-0.2, -0.15) is 0 Å². The lowest BCUT2D eigenvalue weighted by atomic mass is 10.1. The van der Waals surface area contributed by atoms with Crippen molar-refractivity contribution in [2.75, 3.05) is 19.6 Å². The highest BCUT2D eigenvalue weighted by molar-refractivity contribution is 5.84. The summed E-state index contributed by atoms with van der Waals surface area (Å²) in [4.78, 5) is 6.72. The summed E-state index contributed by atoms with van der Waals surface area (Å²) >= 11 is 0. The molecule has 1 aromatic heterocycles. The Bertz CT molecular complexity index is 603. The van der Waals surface area contributed by atoms with Crippen LogP contribution >= 0.6 is 0 Å². The fourth-order valence-corrected chi connectivity index (χ4v) is 3.10. The highest BCUT2D eigenvalue weighted by Gasteiger charge is 2.20. The molecule has 0 atom stereocenters. The van der Waals surface area contributed by atoms with E-state index in [2.05, 4.69) is 35.9 Å². The molecule has 3 heteroatoms. The quantitative estimate of drug-likeness (QED) is 0.854. The molecule has 1 fully saturated rings. The Labute approximate surface area is 126 Å². The largest absolute Gasteiger partial charge is 0.490 e. The summed E-state index contributed by atoms with van der Waals surface area (Å²) in [5.74, 6) is 1.03. The Morgan fingerprint density at radius 2 is 2.05 bits per heavy atom. The van der Waals surface area contributed by atoms with Crippen molar-refractivity contribution in [3.8, 4) is 5.75 Å². The number of rotatable bonds is 4. The molecular weight excluding hydrogens is 260 g/mol. The Kier molecular flexibility index (Phi) is 4.39. The highest BCUT2D eigenvalue weighted by Crippen LogP contribution is 2.27. The van der Waals surface area contributed by atoms with E-state index in [0.717, 1.165) is 31.7 Å². The van der Waals surface area contributed by atoms with Crippen LogP contribution in [0, 0.1) is 6.92 Å². The summed E-state index contributed by atoms with van der Waals surface area (Å²) in [6, 6.07) is 6.38.